The van der Waals surface area contributed by atoms with Gasteiger partial charge in [0.2, 0.25) is 5.91 Å². The van der Waals surface area contributed by atoms with E-state index >= 15 is 0 Å². The summed E-state index contributed by atoms with van der Waals surface area (Å²) in [4.78, 5) is 11.5. The molecule has 1 aromatic heterocycles. The van der Waals surface area contributed by atoms with E-state index in [0.717, 1.165) is 6.42 Å². The Morgan fingerprint density at radius 1 is 1.41 bits per heavy atom. The van der Waals surface area contributed by atoms with Gasteiger partial charge in [-0.3, -0.25) is 9.48 Å². The molecule has 0 aliphatic carbocycles. The summed E-state index contributed by atoms with van der Waals surface area (Å²) in [5, 5.41) is 6.88. The number of aromatic nitrogens is 2. The van der Waals surface area contributed by atoms with Gasteiger partial charge >= 0.3 is 0 Å². The normalized spacial score (nSPS) is 10.5. The molecule has 0 saturated heterocycles. The lowest BCUT2D eigenvalue weighted by atomic mass is 10.3. The fraction of sp³-hybridized carbons (Fsp3) is 0.636. The van der Waals surface area contributed by atoms with Crippen molar-refractivity contribution in [2.45, 2.75) is 19.4 Å². The highest BCUT2D eigenvalue weighted by Crippen LogP contribution is 2.05. The number of carbonyl (C=O) groups excluding carboxylic acids is 1. The van der Waals surface area contributed by atoms with E-state index in [1.165, 1.54) is 0 Å². The van der Waals surface area contributed by atoms with Crippen molar-refractivity contribution in [1.29, 1.82) is 0 Å². The molecule has 0 fully saturated rings. The minimum absolute atomic E-state index is 0.0201. The van der Waals surface area contributed by atoms with Crippen molar-refractivity contribution in [3.8, 4) is 0 Å². The molecule has 0 aliphatic heterocycles. The predicted octanol–water partition coefficient (Wildman–Crippen LogP) is 0.895. The van der Waals surface area contributed by atoms with Gasteiger partial charge < -0.3 is 14.8 Å². The van der Waals surface area contributed by atoms with Gasteiger partial charge in [-0.2, -0.15) is 5.10 Å². The summed E-state index contributed by atoms with van der Waals surface area (Å²) in [6.07, 6.45) is 4.59. The maximum absolute atomic E-state index is 11.5. The first kappa shape index (κ1) is 13.7. The molecular weight excluding hydrogens is 222 g/mol. The number of methoxy groups -OCH3 is 2. The lowest BCUT2D eigenvalue weighted by Gasteiger charge is -2.02. The zero-order chi connectivity index (χ0) is 12.5. The smallest absolute Gasteiger partial charge is 0.224 e. The van der Waals surface area contributed by atoms with E-state index < -0.39 is 0 Å². The van der Waals surface area contributed by atoms with Crippen molar-refractivity contribution in [1.82, 2.24) is 9.78 Å². The Balaban J connectivity index is 2.30. The molecule has 0 aliphatic rings. The second kappa shape index (κ2) is 7.81. The molecule has 0 spiro atoms. The highest BCUT2D eigenvalue weighted by Gasteiger charge is 2.04. The van der Waals surface area contributed by atoms with Crippen LogP contribution in [0.5, 0.6) is 0 Å². The lowest BCUT2D eigenvalue weighted by Crippen LogP contribution is -2.11. The van der Waals surface area contributed by atoms with Crippen LogP contribution in [0.1, 0.15) is 12.8 Å². The van der Waals surface area contributed by atoms with E-state index in [-0.39, 0.29) is 5.91 Å². The summed E-state index contributed by atoms with van der Waals surface area (Å²) < 4.78 is 11.6. The first-order valence-corrected chi connectivity index (χ1v) is 5.56. The highest BCUT2D eigenvalue weighted by molar-refractivity contribution is 5.90. The summed E-state index contributed by atoms with van der Waals surface area (Å²) >= 11 is 0. The molecule has 0 bridgehead atoms. The van der Waals surface area contributed by atoms with Crippen molar-refractivity contribution < 1.29 is 14.3 Å². The van der Waals surface area contributed by atoms with Crippen LogP contribution < -0.4 is 5.32 Å². The van der Waals surface area contributed by atoms with E-state index in [4.69, 9.17) is 9.47 Å². The molecule has 6 nitrogen and oxygen atoms in total. The van der Waals surface area contributed by atoms with Gasteiger partial charge in [-0.1, -0.05) is 0 Å². The van der Waals surface area contributed by atoms with Crippen LogP contribution in [0.3, 0.4) is 0 Å². The molecule has 0 saturated carbocycles. The summed E-state index contributed by atoms with van der Waals surface area (Å²) in [5.74, 6) is -0.0201. The lowest BCUT2D eigenvalue weighted by molar-refractivity contribution is -0.116. The number of rotatable bonds is 8. The van der Waals surface area contributed by atoms with Crippen molar-refractivity contribution in [3.63, 3.8) is 0 Å². The summed E-state index contributed by atoms with van der Waals surface area (Å²) in [6.45, 7) is 1.87. The average molecular weight is 241 g/mol. The van der Waals surface area contributed by atoms with E-state index in [0.29, 0.717) is 31.9 Å². The Morgan fingerprint density at radius 2 is 2.18 bits per heavy atom. The van der Waals surface area contributed by atoms with Crippen molar-refractivity contribution >= 4 is 11.6 Å². The minimum atomic E-state index is -0.0201. The Kier molecular flexibility index (Phi) is 6.27. The molecule has 0 atom stereocenters. The van der Waals surface area contributed by atoms with E-state index in [2.05, 4.69) is 10.4 Å². The largest absolute Gasteiger partial charge is 0.385 e. The summed E-state index contributed by atoms with van der Waals surface area (Å²) in [5.41, 5.74) is 0.712. The fourth-order valence-corrected chi connectivity index (χ4v) is 1.34. The Hall–Kier alpha value is -1.40. The Bertz CT molecular complexity index is 338. The second-order valence-electron chi connectivity index (χ2n) is 3.63. The van der Waals surface area contributed by atoms with E-state index in [1.54, 1.807) is 31.3 Å². The maximum atomic E-state index is 11.5. The molecule has 0 radical (unpaired) electrons. The van der Waals surface area contributed by atoms with Gasteiger partial charge in [0.25, 0.3) is 0 Å². The van der Waals surface area contributed by atoms with Gasteiger partial charge in [0.05, 0.1) is 25.0 Å². The van der Waals surface area contributed by atoms with Gasteiger partial charge in [-0.05, 0) is 6.42 Å². The Morgan fingerprint density at radius 3 is 2.88 bits per heavy atom. The van der Waals surface area contributed by atoms with Crippen molar-refractivity contribution in [3.05, 3.63) is 12.4 Å². The van der Waals surface area contributed by atoms with Crippen LogP contribution in [0.25, 0.3) is 0 Å². The Labute approximate surface area is 101 Å². The fourth-order valence-electron chi connectivity index (χ4n) is 1.34. The number of hydrogen-bond acceptors (Lipinski definition) is 4. The predicted molar refractivity (Wildman–Crippen MR) is 63.8 cm³/mol. The van der Waals surface area contributed by atoms with Crippen LogP contribution in [-0.4, -0.2) is 43.1 Å². The van der Waals surface area contributed by atoms with Crippen LogP contribution in [0.15, 0.2) is 12.4 Å². The molecule has 1 amide bonds. The topological polar surface area (TPSA) is 65.4 Å². The number of nitrogens with zero attached hydrogens (tertiary/aromatic N) is 2. The number of nitrogens with one attached hydrogen (secondary N) is 1. The summed E-state index contributed by atoms with van der Waals surface area (Å²) in [7, 11) is 3.26. The van der Waals surface area contributed by atoms with Crippen molar-refractivity contribution in [2.75, 3.05) is 32.8 Å². The first-order valence-electron chi connectivity index (χ1n) is 5.56. The zero-order valence-electron chi connectivity index (χ0n) is 10.3. The van der Waals surface area contributed by atoms with Gasteiger partial charge in [0.1, 0.15) is 0 Å². The minimum Gasteiger partial charge on any atom is -0.385 e. The molecule has 17 heavy (non-hydrogen) atoms. The van der Waals surface area contributed by atoms with Crippen LogP contribution in [0.2, 0.25) is 0 Å². The number of ether oxygens (including phenoxy) is 2. The molecule has 1 aromatic rings. The molecule has 1 heterocycles. The molecule has 6 heteroatoms. The SMILES string of the molecule is COCCCC(=O)Nc1cnn(CCOC)c1. The maximum Gasteiger partial charge on any atom is 0.224 e. The molecular formula is C11H19N3O3. The number of hydrogen-bond donors (Lipinski definition) is 1. The van der Waals surface area contributed by atoms with Gasteiger partial charge in [0, 0.05) is 33.4 Å². The molecule has 0 unspecified atom stereocenters. The highest BCUT2D eigenvalue weighted by atomic mass is 16.5. The number of amides is 1. The molecule has 1 N–H and O–H groups in total. The molecule has 96 valence electrons. The van der Waals surface area contributed by atoms with Gasteiger partial charge in [-0.25, -0.2) is 0 Å². The van der Waals surface area contributed by atoms with Crippen LogP contribution >= 0.6 is 0 Å². The number of anilines is 1. The van der Waals surface area contributed by atoms with Crippen LogP contribution in [-0.2, 0) is 20.8 Å². The zero-order valence-corrected chi connectivity index (χ0v) is 10.3. The third kappa shape index (κ3) is 5.46. The van der Waals surface area contributed by atoms with Crippen LogP contribution in [0.4, 0.5) is 5.69 Å². The van der Waals surface area contributed by atoms with Gasteiger partial charge in [0.15, 0.2) is 0 Å². The third-order valence-corrected chi connectivity index (χ3v) is 2.19. The van der Waals surface area contributed by atoms with Crippen molar-refractivity contribution in [2.24, 2.45) is 0 Å². The van der Waals surface area contributed by atoms with Gasteiger partial charge in [-0.15, -0.1) is 0 Å². The summed E-state index contributed by atoms with van der Waals surface area (Å²) in [6, 6.07) is 0. The number of carbonyl (C=O) groups is 1. The van der Waals surface area contributed by atoms with Crippen LogP contribution in [0, 0.1) is 0 Å². The average Bonchev–Trinajstić information content (AvgIpc) is 2.74. The van der Waals surface area contributed by atoms with E-state index in [1.807, 2.05) is 0 Å². The van der Waals surface area contributed by atoms with E-state index in [9.17, 15) is 4.79 Å². The quantitative estimate of drug-likeness (QED) is 0.687. The second-order valence-corrected chi connectivity index (χ2v) is 3.63. The standard InChI is InChI=1S/C11H19N3O3/c1-16-6-3-4-11(15)13-10-8-12-14(9-10)5-7-17-2/h8-9H,3-7H2,1-2H3,(H,13,15). The molecule has 1 rings (SSSR count). The molecule has 0 aromatic carbocycles. The monoisotopic (exact) mass is 241 g/mol. The first-order chi connectivity index (χ1) is 8.26. The third-order valence-electron chi connectivity index (χ3n) is 2.19.